The van der Waals surface area contributed by atoms with Crippen molar-refractivity contribution in [3.05, 3.63) is 12.2 Å². The highest BCUT2D eigenvalue weighted by Gasteiger charge is 2.26. The van der Waals surface area contributed by atoms with Crippen molar-refractivity contribution in [1.82, 2.24) is 4.90 Å². The quantitative estimate of drug-likeness (QED) is 0.705. The fraction of sp³-hybridized carbons (Fsp3) is 0.846. The molecule has 1 aliphatic heterocycles. The summed E-state index contributed by atoms with van der Waals surface area (Å²) >= 11 is 0. The predicted octanol–water partition coefficient (Wildman–Crippen LogP) is 2.15. The van der Waals surface area contributed by atoms with E-state index in [1.807, 2.05) is 0 Å². The maximum absolute atomic E-state index is 6.01. The molecule has 2 rings (SSSR count). The summed E-state index contributed by atoms with van der Waals surface area (Å²) in [5.41, 5.74) is 6.01. The first-order valence-corrected chi connectivity index (χ1v) is 6.43. The molecular weight excluding hydrogens is 184 g/mol. The molecule has 2 aliphatic rings. The van der Waals surface area contributed by atoms with Gasteiger partial charge in [0.1, 0.15) is 0 Å². The van der Waals surface area contributed by atoms with E-state index in [9.17, 15) is 0 Å². The van der Waals surface area contributed by atoms with Gasteiger partial charge in [0.25, 0.3) is 0 Å². The number of nitrogens with two attached hydrogens (primary N) is 1. The van der Waals surface area contributed by atoms with Gasteiger partial charge in [-0.15, -0.1) is 0 Å². The van der Waals surface area contributed by atoms with Crippen LogP contribution in [0, 0.1) is 5.92 Å². The Morgan fingerprint density at radius 3 is 2.87 bits per heavy atom. The molecule has 0 aromatic rings. The Labute approximate surface area is 93.5 Å². The molecule has 0 spiro atoms. The minimum absolute atomic E-state index is 0.361. The van der Waals surface area contributed by atoms with Gasteiger partial charge in [-0.2, -0.15) is 0 Å². The van der Waals surface area contributed by atoms with Crippen LogP contribution >= 0.6 is 0 Å². The summed E-state index contributed by atoms with van der Waals surface area (Å²) < 4.78 is 0. The van der Waals surface area contributed by atoms with Crippen molar-refractivity contribution >= 4 is 0 Å². The molecule has 0 aromatic heterocycles. The van der Waals surface area contributed by atoms with E-state index in [-0.39, 0.29) is 0 Å². The van der Waals surface area contributed by atoms with Crippen LogP contribution in [0.3, 0.4) is 0 Å². The summed E-state index contributed by atoms with van der Waals surface area (Å²) in [7, 11) is 0. The van der Waals surface area contributed by atoms with Gasteiger partial charge in [0.05, 0.1) is 0 Å². The fourth-order valence-electron chi connectivity index (χ4n) is 2.87. The van der Waals surface area contributed by atoms with E-state index in [0.29, 0.717) is 18.0 Å². The highest BCUT2D eigenvalue weighted by atomic mass is 15.2. The molecule has 0 aromatic carbocycles. The second-order valence-electron chi connectivity index (χ2n) is 5.18. The van der Waals surface area contributed by atoms with Gasteiger partial charge in [0.2, 0.25) is 0 Å². The van der Waals surface area contributed by atoms with E-state index >= 15 is 0 Å². The van der Waals surface area contributed by atoms with Crippen LogP contribution in [0.2, 0.25) is 0 Å². The molecule has 1 aliphatic carbocycles. The Morgan fingerprint density at radius 2 is 2.20 bits per heavy atom. The lowest BCUT2D eigenvalue weighted by Gasteiger charge is -2.39. The van der Waals surface area contributed by atoms with E-state index in [1.54, 1.807) is 0 Å². The molecule has 1 fully saturated rings. The standard InChI is InChI=1S/C13H24N2/c1-11(14)12-6-5-9-15(10-12)13-7-3-2-4-8-13/h3,7,11-13H,2,4-6,8-10,14H2,1H3. The predicted molar refractivity (Wildman–Crippen MR) is 64.7 cm³/mol. The molecule has 0 saturated carbocycles. The lowest BCUT2D eigenvalue weighted by atomic mass is 9.90. The first kappa shape index (κ1) is 11.2. The zero-order valence-corrected chi connectivity index (χ0v) is 9.86. The number of allylic oxidation sites excluding steroid dienone is 1. The largest absolute Gasteiger partial charge is 0.328 e. The molecule has 2 heteroatoms. The molecule has 1 saturated heterocycles. The van der Waals surface area contributed by atoms with Gasteiger partial charge in [0.15, 0.2) is 0 Å². The number of likely N-dealkylation sites (tertiary alicyclic amines) is 1. The maximum atomic E-state index is 6.01. The molecule has 0 amide bonds. The molecule has 86 valence electrons. The van der Waals surface area contributed by atoms with Crippen LogP contribution in [-0.2, 0) is 0 Å². The molecule has 0 bridgehead atoms. The molecule has 15 heavy (non-hydrogen) atoms. The summed E-state index contributed by atoms with van der Waals surface area (Å²) in [4.78, 5) is 2.65. The highest BCUT2D eigenvalue weighted by Crippen LogP contribution is 2.24. The Kier molecular flexibility index (Phi) is 3.81. The van der Waals surface area contributed by atoms with Crippen molar-refractivity contribution in [3.8, 4) is 0 Å². The van der Waals surface area contributed by atoms with E-state index in [2.05, 4.69) is 24.0 Å². The van der Waals surface area contributed by atoms with Gasteiger partial charge < -0.3 is 5.73 Å². The van der Waals surface area contributed by atoms with Gasteiger partial charge in [-0.1, -0.05) is 12.2 Å². The number of nitrogens with zero attached hydrogens (tertiary/aromatic N) is 1. The van der Waals surface area contributed by atoms with Crippen LogP contribution in [0.1, 0.15) is 39.0 Å². The van der Waals surface area contributed by atoms with Crippen molar-refractivity contribution in [3.63, 3.8) is 0 Å². The second-order valence-corrected chi connectivity index (χ2v) is 5.18. The Hall–Kier alpha value is -0.340. The van der Waals surface area contributed by atoms with Gasteiger partial charge in [0, 0.05) is 18.6 Å². The monoisotopic (exact) mass is 208 g/mol. The van der Waals surface area contributed by atoms with Crippen LogP contribution in [0.15, 0.2) is 12.2 Å². The van der Waals surface area contributed by atoms with Crippen molar-refractivity contribution in [1.29, 1.82) is 0 Å². The minimum Gasteiger partial charge on any atom is -0.328 e. The third kappa shape index (κ3) is 2.82. The van der Waals surface area contributed by atoms with E-state index < -0.39 is 0 Å². The second kappa shape index (κ2) is 5.13. The Balaban J connectivity index is 1.91. The number of rotatable bonds is 2. The molecule has 3 atom stereocenters. The third-order valence-corrected chi connectivity index (χ3v) is 3.93. The smallest absolute Gasteiger partial charge is 0.0278 e. The lowest BCUT2D eigenvalue weighted by Crippen LogP contribution is -2.46. The average Bonchev–Trinajstić information content (AvgIpc) is 2.30. The van der Waals surface area contributed by atoms with Crippen LogP contribution in [-0.4, -0.2) is 30.1 Å². The number of hydrogen-bond acceptors (Lipinski definition) is 2. The summed E-state index contributed by atoms with van der Waals surface area (Å²) in [5.74, 6) is 0.717. The van der Waals surface area contributed by atoms with E-state index in [0.717, 1.165) is 0 Å². The zero-order chi connectivity index (χ0) is 10.7. The summed E-state index contributed by atoms with van der Waals surface area (Å²) in [6, 6.07) is 1.07. The lowest BCUT2D eigenvalue weighted by molar-refractivity contribution is 0.126. The summed E-state index contributed by atoms with van der Waals surface area (Å²) in [5, 5.41) is 0. The molecule has 2 nitrogen and oxygen atoms in total. The molecular formula is C13H24N2. The molecule has 2 N–H and O–H groups in total. The molecule has 1 heterocycles. The maximum Gasteiger partial charge on any atom is 0.0278 e. The molecule has 0 radical (unpaired) electrons. The zero-order valence-electron chi connectivity index (χ0n) is 9.86. The SMILES string of the molecule is CC(N)C1CCCN(C2C=CCCC2)C1. The van der Waals surface area contributed by atoms with E-state index in [1.165, 1.54) is 45.2 Å². The minimum atomic E-state index is 0.361. The van der Waals surface area contributed by atoms with Crippen LogP contribution in [0.25, 0.3) is 0 Å². The van der Waals surface area contributed by atoms with Crippen LogP contribution < -0.4 is 5.73 Å². The summed E-state index contributed by atoms with van der Waals surface area (Å²) in [6.45, 7) is 4.65. The molecule has 3 unspecified atom stereocenters. The first-order chi connectivity index (χ1) is 7.27. The third-order valence-electron chi connectivity index (χ3n) is 3.93. The highest BCUT2D eigenvalue weighted by molar-refractivity contribution is 4.99. The van der Waals surface area contributed by atoms with Crippen LogP contribution in [0.4, 0.5) is 0 Å². The van der Waals surface area contributed by atoms with Crippen molar-refractivity contribution in [2.45, 2.75) is 51.1 Å². The topological polar surface area (TPSA) is 29.3 Å². The first-order valence-electron chi connectivity index (χ1n) is 6.43. The number of piperidine rings is 1. The van der Waals surface area contributed by atoms with Gasteiger partial charge in [-0.3, -0.25) is 4.90 Å². The average molecular weight is 208 g/mol. The Bertz CT molecular complexity index is 223. The van der Waals surface area contributed by atoms with Crippen molar-refractivity contribution in [2.24, 2.45) is 11.7 Å². The van der Waals surface area contributed by atoms with Gasteiger partial charge in [-0.05, 0) is 51.5 Å². The normalized spacial score (nSPS) is 35.3. The number of hydrogen-bond donors (Lipinski definition) is 1. The van der Waals surface area contributed by atoms with Gasteiger partial charge in [-0.25, -0.2) is 0 Å². The fourth-order valence-corrected chi connectivity index (χ4v) is 2.87. The summed E-state index contributed by atoms with van der Waals surface area (Å²) in [6.07, 6.45) is 11.4. The van der Waals surface area contributed by atoms with Crippen molar-refractivity contribution in [2.75, 3.05) is 13.1 Å². The van der Waals surface area contributed by atoms with E-state index in [4.69, 9.17) is 5.73 Å². The Morgan fingerprint density at radius 1 is 1.33 bits per heavy atom. The van der Waals surface area contributed by atoms with Crippen molar-refractivity contribution < 1.29 is 0 Å². The van der Waals surface area contributed by atoms with Gasteiger partial charge >= 0.3 is 0 Å². The van der Waals surface area contributed by atoms with Crippen LogP contribution in [0.5, 0.6) is 0 Å².